The molecule has 0 aliphatic carbocycles. The average Bonchev–Trinajstić information content (AvgIpc) is 3.94. The number of benzene rings is 4. The molecule has 0 radical (unpaired) electrons. The number of ether oxygens (including phenoxy) is 8. The number of carbonyl (C=O) groups is 2. The summed E-state index contributed by atoms with van der Waals surface area (Å²) in [5, 5.41) is 14.9. The first-order valence-electron chi connectivity index (χ1n) is 22.2. The van der Waals surface area contributed by atoms with Crippen molar-refractivity contribution in [3.8, 4) is 34.4 Å². The molecule has 2 aliphatic rings. The van der Waals surface area contributed by atoms with E-state index in [1.54, 1.807) is 64.1 Å². The van der Waals surface area contributed by atoms with Gasteiger partial charge in [0.05, 0.1) is 64.9 Å². The second-order valence-electron chi connectivity index (χ2n) is 15.5. The van der Waals surface area contributed by atoms with Crippen LogP contribution in [0.3, 0.4) is 0 Å². The van der Waals surface area contributed by atoms with E-state index in [9.17, 15) is 35.9 Å². The molecule has 4 heterocycles. The summed E-state index contributed by atoms with van der Waals surface area (Å²) in [5.41, 5.74) is 1.76. The van der Waals surface area contributed by atoms with Crippen molar-refractivity contribution in [2.45, 2.75) is 77.3 Å². The minimum absolute atomic E-state index is 0.0929. The summed E-state index contributed by atoms with van der Waals surface area (Å²) >= 11 is 12.6. The van der Waals surface area contributed by atoms with Crippen LogP contribution in [0.2, 0.25) is 10.0 Å². The smallest absolute Gasteiger partial charge is 0.452 e. The highest BCUT2D eigenvalue weighted by Crippen LogP contribution is 2.50. The maximum Gasteiger partial charge on any atom is 0.452 e. The number of fused-ring (bicyclic) bond motifs is 6. The van der Waals surface area contributed by atoms with E-state index in [4.69, 9.17) is 61.1 Å². The Morgan fingerprint density at radius 3 is 1.29 bits per heavy atom. The zero-order valence-electron chi connectivity index (χ0n) is 39.3. The molecule has 0 N–H and O–H groups in total. The molecular formula is C48H46Cl2F6N6O10. The molecule has 24 heteroatoms. The van der Waals surface area contributed by atoms with Gasteiger partial charge in [0.1, 0.15) is 24.4 Å². The number of hydrogen-bond acceptors (Lipinski definition) is 14. The monoisotopic (exact) mass is 1050 g/mol. The minimum atomic E-state index is -4.83. The Labute approximate surface area is 417 Å². The SMILES string of the molecule is CCOC(=O)C[C@@H]1O[C@@H](c2cccc(OC)c2OCC)c2cc(Cl)ccc2-n2c1nnc2C(F)(F)F.CCOC(=O)C[C@H]1O[C@H](c2cccc(OC)c2OCC)c2cc(Cl)ccc2-n2c1nnc2C(F)(F)F. The van der Waals surface area contributed by atoms with E-state index in [1.807, 2.05) is 0 Å². The summed E-state index contributed by atoms with van der Waals surface area (Å²) in [6, 6.07) is 19.0. The third-order valence-corrected chi connectivity index (χ3v) is 11.5. The Bertz CT molecular complexity index is 2720. The Morgan fingerprint density at radius 1 is 0.569 bits per heavy atom. The molecule has 6 aromatic rings. The molecule has 4 aromatic carbocycles. The molecule has 0 saturated heterocycles. The lowest BCUT2D eigenvalue weighted by Gasteiger charge is -2.25. The molecule has 0 fully saturated rings. The van der Waals surface area contributed by atoms with E-state index in [2.05, 4.69) is 20.4 Å². The van der Waals surface area contributed by atoms with E-state index in [1.165, 1.54) is 50.6 Å². The molecule has 2 aliphatic heterocycles. The number of para-hydroxylation sites is 2. The van der Waals surface area contributed by atoms with Gasteiger partial charge in [-0.3, -0.25) is 18.7 Å². The van der Waals surface area contributed by atoms with Gasteiger partial charge >= 0.3 is 24.3 Å². The molecule has 0 saturated carbocycles. The van der Waals surface area contributed by atoms with Gasteiger partial charge in [-0.2, -0.15) is 26.3 Å². The van der Waals surface area contributed by atoms with Crippen LogP contribution in [0.1, 0.15) is 111 Å². The number of alkyl halides is 6. The van der Waals surface area contributed by atoms with Crippen LogP contribution in [0, 0.1) is 0 Å². The summed E-state index contributed by atoms with van der Waals surface area (Å²) < 4.78 is 131. The highest BCUT2D eigenvalue weighted by Gasteiger charge is 2.46. The highest BCUT2D eigenvalue weighted by molar-refractivity contribution is 6.31. The summed E-state index contributed by atoms with van der Waals surface area (Å²) in [4.78, 5) is 24.9. The van der Waals surface area contributed by atoms with Gasteiger partial charge in [-0.25, -0.2) is 0 Å². The second kappa shape index (κ2) is 22.4. The summed E-state index contributed by atoms with van der Waals surface area (Å²) in [6.07, 6.45) is -14.9. The van der Waals surface area contributed by atoms with E-state index in [-0.39, 0.29) is 46.3 Å². The fourth-order valence-electron chi connectivity index (χ4n) is 8.23. The predicted octanol–water partition coefficient (Wildman–Crippen LogP) is 10.9. The molecule has 0 unspecified atom stereocenters. The molecule has 0 spiro atoms. The molecule has 16 nitrogen and oxygen atoms in total. The van der Waals surface area contributed by atoms with Crippen LogP contribution in [0.5, 0.6) is 23.0 Å². The zero-order chi connectivity index (χ0) is 52.1. The lowest BCUT2D eigenvalue weighted by molar-refractivity contribution is -0.149. The van der Waals surface area contributed by atoms with Gasteiger partial charge in [0.2, 0.25) is 11.6 Å². The van der Waals surface area contributed by atoms with Crippen LogP contribution < -0.4 is 18.9 Å². The largest absolute Gasteiger partial charge is 0.493 e. The fourth-order valence-corrected chi connectivity index (χ4v) is 8.59. The van der Waals surface area contributed by atoms with E-state index in [0.717, 1.165) is 9.13 Å². The van der Waals surface area contributed by atoms with Gasteiger partial charge in [-0.1, -0.05) is 47.5 Å². The molecule has 0 amide bonds. The third kappa shape index (κ3) is 11.1. The summed E-state index contributed by atoms with van der Waals surface area (Å²) in [6.45, 7) is 7.59. The number of methoxy groups -OCH3 is 2. The Hall–Kier alpha value is -6.62. The molecular weight excluding hydrogens is 1010 g/mol. The Kier molecular flexibility index (Phi) is 16.6. The standard InChI is InChI=1S/2C24H23ClF3N3O5/c2*1-4-34-19(32)12-18-22-29-30-23(24(26,27)28)31(22)16-10-9-13(25)11-15(16)20(36-18)14-7-6-8-17(33-3)21(14)35-5-2/h2*6-11,18,20H,4-5,12H2,1-3H3/t2*18-,20-/m10/s1. The van der Waals surface area contributed by atoms with Crippen molar-refractivity contribution in [3.63, 3.8) is 0 Å². The average molecular weight is 1050 g/mol. The van der Waals surface area contributed by atoms with Crippen molar-refractivity contribution >= 4 is 35.1 Å². The normalized spacial score (nSPS) is 17.1. The van der Waals surface area contributed by atoms with Crippen molar-refractivity contribution in [1.29, 1.82) is 0 Å². The maximum atomic E-state index is 14.0. The zero-order valence-corrected chi connectivity index (χ0v) is 40.8. The van der Waals surface area contributed by atoms with Crippen LogP contribution in [-0.2, 0) is 40.9 Å². The summed E-state index contributed by atoms with van der Waals surface area (Å²) in [7, 11) is 2.95. The van der Waals surface area contributed by atoms with Crippen LogP contribution in [0.25, 0.3) is 11.4 Å². The first kappa shape index (κ1) is 53.2. The lowest BCUT2D eigenvalue weighted by Crippen LogP contribution is -2.18. The van der Waals surface area contributed by atoms with Crippen LogP contribution in [0.4, 0.5) is 26.3 Å². The first-order valence-corrected chi connectivity index (χ1v) is 23.0. The van der Waals surface area contributed by atoms with Crippen molar-refractivity contribution in [1.82, 2.24) is 29.5 Å². The molecule has 4 atom stereocenters. The lowest BCUT2D eigenvalue weighted by atomic mass is 9.98. The Balaban J connectivity index is 0.000000211. The Morgan fingerprint density at radius 2 is 0.958 bits per heavy atom. The fraction of sp³-hybridized carbons (Fsp3) is 0.375. The quantitative estimate of drug-likeness (QED) is 0.0746. The van der Waals surface area contributed by atoms with E-state index < -0.39 is 73.2 Å². The van der Waals surface area contributed by atoms with Gasteiger partial charge in [-0.05, 0) is 76.2 Å². The molecule has 72 heavy (non-hydrogen) atoms. The summed E-state index contributed by atoms with van der Waals surface area (Å²) in [5.74, 6) is -2.71. The number of carbonyl (C=O) groups excluding carboxylic acids is 2. The van der Waals surface area contributed by atoms with Gasteiger partial charge in [0.25, 0.3) is 0 Å². The number of halogens is 8. The van der Waals surface area contributed by atoms with Crippen molar-refractivity contribution in [2.75, 3.05) is 40.6 Å². The van der Waals surface area contributed by atoms with Crippen LogP contribution >= 0.6 is 23.2 Å². The van der Waals surface area contributed by atoms with Gasteiger partial charge in [0, 0.05) is 32.3 Å². The molecule has 0 bridgehead atoms. The van der Waals surface area contributed by atoms with Gasteiger partial charge < -0.3 is 37.9 Å². The number of rotatable bonds is 14. The van der Waals surface area contributed by atoms with Crippen LogP contribution in [-0.4, -0.2) is 82.1 Å². The third-order valence-electron chi connectivity index (χ3n) is 11.0. The van der Waals surface area contributed by atoms with Gasteiger partial charge in [0.15, 0.2) is 34.6 Å². The number of aromatic nitrogens is 6. The highest BCUT2D eigenvalue weighted by atomic mass is 35.5. The number of hydrogen-bond donors (Lipinski definition) is 0. The van der Waals surface area contributed by atoms with E-state index in [0.29, 0.717) is 58.5 Å². The topological polar surface area (TPSA) is 169 Å². The van der Waals surface area contributed by atoms with Gasteiger partial charge in [-0.15, -0.1) is 20.4 Å². The second-order valence-corrected chi connectivity index (χ2v) is 16.4. The predicted molar refractivity (Wildman–Crippen MR) is 245 cm³/mol. The first-order chi connectivity index (χ1) is 34.4. The molecule has 384 valence electrons. The molecule has 8 rings (SSSR count). The van der Waals surface area contributed by atoms with Crippen LogP contribution in [0.15, 0.2) is 72.8 Å². The minimum Gasteiger partial charge on any atom is -0.493 e. The van der Waals surface area contributed by atoms with Crippen molar-refractivity contribution in [3.05, 3.63) is 128 Å². The van der Waals surface area contributed by atoms with Crippen molar-refractivity contribution < 1.29 is 73.8 Å². The maximum absolute atomic E-state index is 14.0. The van der Waals surface area contributed by atoms with E-state index >= 15 is 0 Å². The van der Waals surface area contributed by atoms with Crippen molar-refractivity contribution in [2.24, 2.45) is 0 Å². The number of esters is 2. The number of nitrogens with zero attached hydrogens (tertiary/aromatic N) is 6. The molecule has 2 aromatic heterocycles.